The lowest BCUT2D eigenvalue weighted by Crippen LogP contribution is -2.33. The molecule has 0 aromatic heterocycles. The topological polar surface area (TPSA) is 24.5 Å². The Labute approximate surface area is 130 Å². The molecule has 0 fully saturated rings. The molecular weight excluding hydrogens is 280 g/mol. The van der Waals surface area contributed by atoms with Gasteiger partial charge in [-0.05, 0) is 61.5 Å². The van der Waals surface area contributed by atoms with Gasteiger partial charge >= 0.3 is 0 Å². The van der Waals surface area contributed by atoms with E-state index in [0.29, 0.717) is 6.61 Å². The van der Waals surface area contributed by atoms with Crippen molar-refractivity contribution >= 4 is 28.7 Å². The van der Waals surface area contributed by atoms with Gasteiger partial charge in [0.05, 0.1) is 6.61 Å². The number of hydrogen-bond donors (Lipinski definition) is 1. The predicted molar refractivity (Wildman–Crippen MR) is 91.3 cm³/mol. The molecule has 0 unspecified atom stereocenters. The first-order chi connectivity index (χ1) is 10.3. The van der Waals surface area contributed by atoms with Crippen molar-refractivity contribution in [3.05, 3.63) is 54.1 Å². The lowest BCUT2D eigenvalue weighted by molar-refractivity contribution is 0.340. The standard InChI is InChI=1S/C17H18N2OS/c1-2-20-15-9-7-14(8-10-15)18-17(21)19-12-11-13-5-3-4-6-16(13)19/h3-10H,2,11-12H2,1H3,(H,18,21). The number of benzene rings is 2. The molecule has 2 aromatic carbocycles. The summed E-state index contributed by atoms with van der Waals surface area (Å²) in [5.41, 5.74) is 3.54. The van der Waals surface area contributed by atoms with Crippen molar-refractivity contribution in [2.75, 3.05) is 23.4 Å². The second kappa shape index (κ2) is 6.14. The smallest absolute Gasteiger partial charge is 0.177 e. The van der Waals surface area contributed by atoms with Crippen molar-refractivity contribution in [1.29, 1.82) is 0 Å². The highest BCUT2D eigenvalue weighted by molar-refractivity contribution is 7.80. The zero-order valence-corrected chi connectivity index (χ0v) is 12.8. The Balaban J connectivity index is 1.70. The zero-order valence-electron chi connectivity index (χ0n) is 12.0. The highest BCUT2D eigenvalue weighted by atomic mass is 32.1. The van der Waals surface area contributed by atoms with Crippen LogP contribution in [0, 0.1) is 0 Å². The zero-order chi connectivity index (χ0) is 14.7. The lowest BCUT2D eigenvalue weighted by atomic mass is 10.2. The van der Waals surface area contributed by atoms with Crippen molar-refractivity contribution in [1.82, 2.24) is 0 Å². The molecule has 0 atom stereocenters. The maximum atomic E-state index is 5.54. The van der Waals surface area contributed by atoms with E-state index in [4.69, 9.17) is 17.0 Å². The normalized spacial score (nSPS) is 12.9. The van der Waals surface area contributed by atoms with Gasteiger partial charge < -0.3 is 15.0 Å². The molecule has 1 aliphatic heterocycles. The SMILES string of the molecule is CCOc1ccc(NC(=S)N2CCc3ccccc32)cc1. The molecule has 108 valence electrons. The third-order valence-corrected chi connectivity index (χ3v) is 3.87. The van der Waals surface area contributed by atoms with Crippen molar-refractivity contribution in [3.8, 4) is 5.75 Å². The van der Waals surface area contributed by atoms with Crippen LogP contribution in [0.15, 0.2) is 48.5 Å². The average molecular weight is 298 g/mol. The van der Waals surface area contributed by atoms with Crippen LogP contribution in [0.2, 0.25) is 0 Å². The molecule has 0 saturated heterocycles. The van der Waals surface area contributed by atoms with E-state index in [1.165, 1.54) is 11.3 Å². The maximum absolute atomic E-state index is 5.54. The molecule has 2 aromatic rings. The number of thiocarbonyl (C=S) groups is 1. The molecule has 4 heteroatoms. The fourth-order valence-corrected chi connectivity index (χ4v) is 2.85. The fraction of sp³-hybridized carbons (Fsp3) is 0.235. The molecule has 0 saturated carbocycles. The van der Waals surface area contributed by atoms with Gasteiger partial charge in [0.25, 0.3) is 0 Å². The minimum absolute atomic E-state index is 0.676. The van der Waals surface area contributed by atoms with Crippen LogP contribution in [0.1, 0.15) is 12.5 Å². The third kappa shape index (κ3) is 3.00. The van der Waals surface area contributed by atoms with Crippen molar-refractivity contribution in [2.45, 2.75) is 13.3 Å². The van der Waals surface area contributed by atoms with Crippen molar-refractivity contribution in [3.63, 3.8) is 0 Å². The molecule has 3 rings (SSSR count). The van der Waals surface area contributed by atoms with E-state index in [0.717, 1.165) is 29.5 Å². The molecule has 1 N–H and O–H groups in total. The van der Waals surface area contributed by atoms with E-state index in [1.807, 2.05) is 31.2 Å². The first kappa shape index (κ1) is 13.9. The highest BCUT2D eigenvalue weighted by Gasteiger charge is 2.21. The molecule has 0 bridgehead atoms. The second-order valence-corrected chi connectivity index (χ2v) is 5.30. The number of rotatable bonds is 3. The molecule has 1 aliphatic rings. The minimum Gasteiger partial charge on any atom is -0.494 e. The first-order valence-electron chi connectivity index (χ1n) is 7.17. The Morgan fingerprint density at radius 2 is 1.95 bits per heavy atom. The van der Waals surface area contributed by atoms with Crippen LogP contribution in [0.3, 0.4) is 0 Å². The van der Waals surface area contributed by atoms with Gasteiger partial charge in [0, 0.05) is 17.9 Å². The molecule has 0 spiro atoms. The molecule has 3 nitrogen and oxygen atoms in total. The van der Waals surface area contributed by atoms with E-state index in [1.54, 1.807) is 0 Å². The monoisotopic (exact) mass is 298 g/mol. The predicted octanol–water partition coefficient (Wildman–Crippen LogP) is 3.84. The largest absolute Gasteiger partial charge is 0.494 e. The van der Waals surface area contributed by atoms with E-state index < -0.39 is 0 Å². The van der Waals surface area contributed by atoms with Crippen molar-refractivity contribution < 1.29 is 4.74 Å². The third-order valence-electron chi connectivity index (χ3n) is 3.55. The van der Waals surface area contributed by atoms with Crippen molar-refractivity contribution in [2.24, 2.45) is 0 Å². The van der Waals surface area contributed by atoms with Crippen LogP contribution < -0.4 is 15.0 Å². The number of anilines is 2. The molecule has 0 radical (unpaired) electrons. The van der Waals surface area contributed by atoms with Gasteiger partial charge in [0.1, 0.15) is 5.75 Å². The van der Waals surface area contributed by atoms with E-state index in [9.17, 15) is 0 Å². The minimum atomic E-state index is 0.676. The summed E-state index contributed by atoms with van der Waals surface area (Å²) < 4.78 is 5.44. The van der Waals surface area contributed by atoms with Gasteiger partial charge in [-0.1, -0.05) is 18.2 Å². The fourth-order valence-electron chi connectivity index (χ4n) is 2.54. The number of nitrogens with zero attached hydrogens (tertiary/aromatic N) is 1. The Hall–Kier alpha value is -2.07. The maximum Gasteiger partial charge on any atom is 0.177 e. The summed E-state index contributed by atoms with van der Waals surface area (Å²) in [5.74, 6) is 0.875. The van der Waals surface area contributed by atoms with E-state index >= 15 is 0 Å². The summed E-state index contributed by atoms with van der Waals surface area (Å²) >= 11 is 5.54. The Morgan fingerprint density at radius 3 is 2.71 bits per heavy atom. The summed E-state index contributed by atoms with van der Waals surface area (Å²) in [6, 6.07) is 16.3. The van der Waals surface area contributed by atoms with Gasteiger partial charge in [-0.15, -0.1) is 0 Å². The molecule has 0 amide bonds. The van der Waals surface area contributed by atoms with Crippen LogP contribution >= 0.6 is 12.2 Å². The molecule has 1 heterocycles. The number of nitrogens with one attached hydrogen (secondary N) is 1. The first-order valence-corrected chi connectivity index (χ1v) is 7.58. The quantitative estimate of drug-likeness (QED) is 0.870. The second-order valence-electron chi connectivity index (χ2n) is 4.92. The molecule has 0 aliphatic carbocycles. The van der Waals surface area contributed by atoms with Crippen LogP contribution in [-0.2, 0) is 6.42 Å². The van der Waals surface area contributed by atoms with Crippen LogP contribution in [0.25, 0.3) is 0 Å². The number of fused-ring (bicyclic) bond motifs is 1. The Bertz CT molecular complexity index is 639. The van der Waals surface area contributed by atoms with Crippen LogP contribution in [0.4, 0.5) is 11.4 Å². The van der Waals surface area contributed by atoms with Gasteiger partial charge in [0.15, 0.2) is 5.11 Å². The Morgan fingerprint density at radius 1 is 1.19 bits per heavy atom. The summed E-state index contributed by atoms with van der Waals surface area (Å²) in [5, 5.41) is 4.04. The summed E-state index contributed by atoms with van der Waals surface area (Å²) in [6.45, 7) is 3.59. The van der Waals surface area contributed by atoms with Gasteiger partial charge in [0.2, 0.25) is 0 Å². The highest BCUT2D eigenvalue weighted by Crippen LogP contribution is 2.28. The summed E-state index contributed by atoms with van der Waals surface area (Å²) in [4.78, 5) is 2.15. The van der Waals surface area contributed by atoms with Crippen LogP contribution in [-0.4, -0.2) is 18.3 Å². The van der Waals surface area contributed by atoms with E-state index in [-0.39, 0.29) is 0 Å². The summed E-state index contributed by atoms with van der Waals surface area (Å²) in [6.07, 6.45) is 1.04. The van der Waals surface area contributed by atoms with Gasteiger partial charge in [-0.3, -0.25) is 0 Å². The van der Waals surface area contributed by atoms with E-state index in [2.05, 4.69) is 34.5 Å². The van der Waals surface area contributed by atoms with Crippen LogP contribution in [0.5, 0.6) is 5.75 Å². The average Bonchev–Trinajstić information content (AvgIpc) is 2.93. The Kier molecular flexibility index (Phi) is 4.06. The molecule has 21 heavy (non-hydrogen) atoms. The number of hydrogen-bond acceptors (Lipinski definition) is 2. The lowest BCUT2D eigenvalue weighted by Gasteiger charge is -2.21. The number of ether oxygens (including phenoxy) is 1. The van der Waals surface area contributed by atoms with Gasteiger partial charge in [-0.25, -0.2) is 0 Å². The number of para-hydroxylation sites is 1. The molecular formula is C17H18N2OS. The van der Waals surface area contributed by atoms with Gasteiger partial charge in [-0.2, -0.15) is 0 Å². The summed E-state index contributed by atoms with van der Waals surface area (Å²) in [7, 11) is 0.